The number of hydrogen-bond donors (Lipinski definition) is 1. The molecule has 0 radical (unpaired) electrons. The van der Waals surface area contributed by atoms with E-state index >= 15 is 0 Å². The molecule has 0 spiro atoms. The molecule has 1 aliphatic rings. The van der Waals surface area contributed by atoms with Crippen molar-refractivity contribution in [2.45, 2.75) is 13.2 Å². The van der Waals surface area contributed by atoms with Crippen molar-refractivity contribution in [1.82, 2.24) is 14.9 Å². The molecule has 0 aliphatic carbocycles. The molecule has 4 aromatic rings. The standard InChI is InChI=1S/C28H31N5O3.ClH/c1-34-25-16-23-24(17-26(25)35-2)30-28(31-27(23)29)33-13-11-32(12-14-33)18-21-9-6-10-22(15-21)36-19-20-7-4-3-5-8-20;/h3-10,15-17H,11-14,18-19H2,1-2H3,(H2,29,30,31);1H. The highest BCUT2D eigenvalue weighted by Gasteiger charge is 2.21. The number of anilines is 2. The van der Waals surface area contributed by atoms with Gasteiger partial charge in [-0.05, 0) is 29.3 Å². The van der Waals surface area contributed by atoms with E-state index in [1.165, 1.54) is 5.56 Å². The maximum atomic E-state index is 6.29. The molecule has 2 heterocycles. The summed E-state index contributed by atoms with van der Waals surface area (Å²) in [5.41, 5.74) is 9.43. The highest BCUT2D eigenvalue weighted by atomic mass is 35.5. The summed E-state index contributed by atoms with van der Waals surface area (Å²) in [6.07, 6.45) is 0. The van der Waals surface area contributed by atoms with E-state index < -0.39 is 0 Å². The van der Waals surface area contributed by atoms with Crippen LogP contribution in [0.5, 0.6) is 17.2 Å². The van der Waals surface area contributed by atoms with Gasteiger partial charge in [-0.25, -0.2) is 4.98 Å². The molecule has 2 N–H and O–H groups in total. The van der Waals surface area contributed by atoms with Crippen molar-refractivity contribution in [3.8, 4) is 17.2 Å². The molecule has 9 heteroatoms. The summed E-state index contributed by atoms with van der Waals surface area (Å²) >= 11 is 0. The zero-order valence-corrected chi connectivity index (χ0v) is 21.9. The molecule has 3 aromatic carbocycles. The Kier molecular flexibility index (Phi) is 8.53. The number of benzene rings is 3. The zero-order chi connectivity index (χ0) is 24.9. The summed E-state index contributed by atoms with van der Waals surface area (Å²) < 4.78 is 16.8. The monoisotopic (exact) mass is 521 g/mol. The smallest absolute Gasteiger partial charge is 0.227 e. The van der Waals surface area contributed by atoms with Gasteiger partial charge in [-0.15, -0.1) is 12.4 Å². The Morgan fingerprint density at radius 3 is 2.24 bits per heavy atom. The van der Waals surface area contributed by atoms with Gasteiger partial charge in [0.2, 0.25) is 5.95 Å². The zero-order valence-electron chi connectivity index (χ0n) is 21.1. The summed E-state index contributed by atoms with van der Waals surface area (Å²) in [6.45, 7) is 4.89. The molecule has 0 unspecified atom stereocenters. The van der Waals surface area contributed by atoms with Gasteiger partial charge in [0, 0.05) is 44.2 Å². The minimum Gasteiger partial charge on any atom is -0.493 e. The fourth-order valence-electron chi connectivity index (χ4n) is 4.45. The van der Waals surface area contributed by atoms with Crippen LogP contribution in [0.25, 0.3) is 10.9 Å². The van der Waals surface area contributed by atoms with Gasteiger partial charge < -0.3 is 24.8 Å². The third kappa shape index (κ3) is 6.15. The predicted octanol–water partition coefficient (Wildman–Crippen LogP) is 4.55. The predicted molar refractivity (Wildman–Crippen MR) is 149 cm³/mol. The van der Waals surface area contributed by atoms with Gasteiger partial charge in [-0.1, -0.05) is 42.5 Å². The Morgan fingerprint density at radius 2 is 1.51 bits per heavy atom. The van der Waals surface area contributed by atoms with Crippen LogP contribution < -0.4 is 24.8 Å². The topological polar surface area (TPSA) is 86.0 Å². The lowest BCUT2D eigenvalue weighted by molar-refractivity contribution is 0.248. The quantitative estimate of drug-likeness (QED) is 0.361. The van der Waals surface area contributed by atoms with Crippen LogP contribution in [0.3, 0.4) is 0 Å². The molecule has 0 amide bonds. The van der Waals surface area contributed by atoms with Crippen molar-refractivity contribution in [1.29, 1.82) is 0 Å². The van der Waals surface area contributed by atoms with E-state index in [1.54, 1.807) is 14.2 Å². The third-order valence-electron chi connectivity index (χ3n) is 6.43. The van der Waals surface area contributed by atoms with Gasteiger partial charge in [0.25, 0.3) is 0 Å². The van der Waals surface area contributed by atoms with Gasteiger partial charge in [0.15, 0.2) is 11.5 Å². The fourth-order valence-corrected chi connectivity index (χ4v) is 4.45. The first-order chi connectivity index (χ1) is 17.6. The van der Waals surface area contributed by atoms with Gasteiger partial charge in [0.1, 0.15) is 18.2 Å². The molecule has 1 fully saturated rings. The largest absolute Gasteiger partial charge is 0.493 e. The maximum Gasteiger partial charge on any atom is 0.227 e. The van der Waals surface area contributed by atoms with Crippen LogP contribution in [0, 0.1) is 0 Å². The molecule has 0 saturated carbocycles. The number of nitrogens with two attached hydrogens (primary N) is 1. The molecule has 194 valence electrons. The highest BCUT2D eigenvalue weighted by Crippen LogP contribution is 2.34. The van der Waals surface area contributed by atoms with Crippen molar-refractivity contribution in [2.75, 3.05) is 51.0 Å². The van der Waals surface area contributed by atoms with Crippen LogP contribution in [0.15, 0.2) is 66.7 Å². The van der Waals surface area contributed by atoms with Crippen LogP contribution in [0.1, 0.15) is 11.1 Å². The Hall–Kier alpha value is -3.75. The molecule has 37 heavy (non-hydrogen) atoms. The molecule has 1 saturated heterocycles. The summed E-state index contributed by atoms with van der Waals surface area (Å²) in [5.74, 6) is 3.20. The van der Waals surface area contributed by atoms with Crippen LogP contribution in [0.4, 0.5) is 11.8 Å². The lowest BCUT2D eigenvalue weighted by Crippen LogP contribution is -2.46. The van der Waals surface area contributed by atoms with Crippen LogP contribution in [-0.2, 0) is 13.2 Å². The lowest BCUT2D eigenvalue weighted by Gasteiger charge is -2.35. The number of aromatic nitrogens is 2. The number of hydrogen-bond acceptors (Lipinski definition) is 8. The van der Waals surface area contributed by atoms with Crippen molar-refractivity contribution in [3.05, 3.63) is 77.9 Å². The van der Waals surface area contributed by atoms with Crippen LogP contribution in [-0.4, -0.2) is 55.3 Å². The highest BCUT2D eigenvalue weighted by molar-refractivity contribution is 5.91. The molecule has 1 aliphatic heterocycles. The minimum absolute atomic E-state index is 0. The van der Waals surface area contributed by atoms with Gasteiger partial charge >= 0.3 is 0 Å². The van der Waals surface area contributed by atoms with E-state index in [0.717, 1.165) is 54.9 Å². The van der Waals surface area contributed by atoms with Gasteiger partial charge in [0.05, 0.1) is 19.7 Å². The Balaban J connectivity index is 0.00000320. The second-order valence-electron chi connectivity index (χ2n) is 8.82. The molecule has 5 rings (SSSR count). The summed E-state index contributed by atoms with van der Waals surface area (Å²) in [5, 5.41) is 0.754. The lowest BCUT2D eigenvalue weighted by atomic mass is 10.2. The minimum atomic E-state index is 0. The maximum absolute atomic E-state index is 6.29. The number of piperazine rings is 1. The number of ether oxygens (including phenoxy) is 3. The second-order valence-corrected chi connectivity index (χ2v) is 8.82. The molecule has 1 aromatic heterocycles. The first kappa shape index (κ1) is 26.3. The van der Waals surface area contributed by atoms with Crippen molar-refractivity contribution in [3.63, 3.8) is 0 Å². The summed E-state index contributed by atoms with van der Waals surface area (Å²) in [7, 11) is 3.21. The third-order valence-corrected chi connectivity index (χ3v) is 6.43. The first-order valence-corrected chi connectivity index (χ1v) is 12.0. The fraction of sp³-hybridized carbons (Fsp3) is 0.286. The average molecular weight is 522 g/mol. The van der Waals surface area contributed by atoms with E-state index in [2.05, 4.69) is 45.1 Å². The van der Waals surface area contributed by atoms with E-state index in [-0.39, 0.29) is 12.4 Å². The summed E-state index contributed by atoms with van der Waals surface area (Å²) in [4.78, 5) is 14.0. The SMILES string of the molecule is COc1cc2nc(N3CCN(Cc4cccc(OCc5ccccc5)c4)CC3)nc(N)c2cc1OC.Cl. The van der Waals surface area contributed by atoms with E-state index in [0.29, 0.717) is 29.9 Å². The number of methoxy groups -OCH3 is 2. The second kappa shape index (κ2) is 12.0. The van der Waals surface area contributed by atoms with E-state index in [1.807, 2.05) is 36.4 Å². The number of nitrogens with zero attached hydrogens (tertiary/aromatic N) is 4. The van der Waals surface area contributed by atoms with Gasteiger partial charge in [-0.3, -0.25) is 4.90 Å². The molecule has 8 nitrogen and oxygen atoms in total. The van der Waals surface area contributed by atoms with Crippen LogP contribution in [0.2, 0.25) is 0 Å². The van der Waals surface area contributed by atoms with Gasteiger partial charge in [-0.2, -0.15) is 4.98 Å². The summed E-state index contributed by atoms with van der Waals surface area (Å²) in [6, 6.07) is 22.2. The number of halogens is 1. The normalized spacial score (nSPS) is 13.7. The molecular formula is C28H32ClN5O3. The Morgan fingerprint density at radius 1 is 0.811 bits per heavy atom. The van der Waals surface area contributed by atoms with E-state index in [9.17, 15) is 0 Å². The van der Waals surface area contributed by atoms with Crippen molar-refractivity contribution < 1.29 is 14.2 Å². The Bertz CT molecular complexity index is 1330. The average Bonchev–Trinajstić information content (AvgIpc) is 2.92. The first-order valence-electron chi connectivity index (χ1n) is 12.0. The molecule has 0 atom stereocenters. The number of rotatable bonds is 8. The van der Waals surface area contributed by atoms with Crippen molar-refractivity contribution in [2.24, 2.45) is 0 Å². The van der Waals surface area contributed by atoms with E-state index in [4.69, 9.17) is 24.9 Å². The number of nitrogen functional groups attached to an aromatic ring is 1. The van der Waals surface area contributed by atoms with Crippen molar-refractivity contribution >= 4 is 35.1 Å². The number of fused-ring (bicyclic) bond motifs is 1. The Labute approximate surface area is 223 Å². The molecular weight excluding hydrogens is 490 g/mol. The van der Waals surface area contributed by atoms with Crippen LogP contribution >= 0.6 is 12.4 Å². The molecule has 0 bridgehead atoms.